The number of anilines is 5. The number of aromatic nitrogens is 2. The number of morpholine rings is 1. The van der Waals surface area contributed by atoms with E-state index in [1.165, 1.54) is 19.1 Å². The summed E-state index contributed by atoms with van der Waals surface area (Å²) < 4.78 is 16.5. The summed E-state index contributed by atoms with van der Waals surface area (Å²) in [5.74, 6) is 1.34. The number of benzene rings is 3. The van der Waals surface area contributed by atoms with Gasteiger partial charge in [0, 0.05) is 55.3 Å². The van der Waals surface area contributed by atoms with Crippen molar-refractivity contribution < 1.29 is 23.8 Å². The Hall–Kier alpha value is -4.88. The van der Waals surface area contributed by atoms with Crippen molar-refractivity contribution in [1.82, 2.24) is 14.9 Å². The third kappa shape index (κ3) is 8.52. The van der Waals surface area contributed by atoms with Crippen LogP contribution in [0.5, 0.6) is 11.5 Å². The van der Waals surface area contributed by atoms with Crippen LogP contribution in [0.4, 0.5) is 33.6 Å². The number of likely N-dealkylation sites (N-methyl/N-ethyl adjacent to an activating group) is 1. The van der Waals surface area contributed by atoms with Gasteiger partial charge in [0.1, 0.15) is 27.4 Å². The zero-order valence-electron chi connectivity index (χ0n) is 30.4. The fraction of sp³-hybridized carbons (Fsp3) is 0.333. The van der Waals surface area contributed by atoms with Crippen LogP contribution in [0.25, 0.3) is 0 Å². The average Bonchev–Trinajstić information content (AvgIpc) is 3.15. The number of urea groups is 1. The maximum Gasteiger partial charge on any atom is 0.331 e. The number of ketones is 1. The minimum atomic E-state index is -0.538. The largest absolute Gasteiger partial charge is 0.495 e. The second-order valence-corrected chi connectivity index (χ2v) is 13.8. The molecule has 0 spiro atoms. The number of carbonyl (C=O) groups is 2. The molecule has 2 aliphatic rings. The topological polar surface area (TPSA) is 113 Å². The number of allylic oxidation sites excluding steroid dienone is 1. The van der Waals surface area contributed by atoms with Crippen molar-refractivity contribution in [1.29, 1.82) is 0 Å². The monoisotopic (exact) mass is 759 g/mol. The quantitative estimate of drug-likeness (QED) is 0.139. The van der Waals surface area contributed by atoms with E-state index in [0.29, 0.717) is 48.6 Å². The molecule has 278 valence electrons. The zero-order chi connectivity index (χ0) is 37.6. The van der Waals surface area contributed by atoms with Crippen molar-refractivity contribution in [2.24, 2.45) is 0 Å². The van der Waals surface area contributed by atoms with Crippen LogP contribution in [0, 0.1) is 0 Å². The highest BCUT2D eigenvalue weighted by atomic mass is 35.5. The summed E-state index contributed by atoms with van der Waals surface area (Å²) in [5, 5.41) is 3.62. The number of nitrogens with zero attached hydrogens (tertiary/aromatic N) is 6. The van der Waals surface area contributed by atoms with Gasteiger partial charge in [-0.2, -0.15) is 4.98 Å². The first kappa shape index (κ1) is 37.9. The fourth-order valence-electron chi connectivity index (χ4n) is 6.34. The normalized spacial score (nSPS) is 15.2. The second kappa shape index (κ2) is 16.9. The Kier molecular flexibility index (Phi) is 12.0. The molecule has 1 aromatic heterocycles. The zero-order valence-corrected chi connectivity index (χ0v) is 31.9. The molecule has 2 amide bonds. The van der Waals surface area contributed by atoms with Gasteiger partial charge in [0.15, 0.2) is 5.78 Å². The number of amides is 2. The Morgan fingerprint density at radius 2 is 1.74 bits per heavy atom. The molecule has 0 aliphatic carbocycles. The highest BCUT2D eigenvalue weighted by Gasteiger charge is 2.39. The van der Waals surface area contributed by atoms with Crippen molar-refractivity contribution in [3.8, 4) is 11.5 Å². The van der Waals surface area contributed by atoms with Crippen LogP contribution in [-0.2, 0) is 22.5 Å². The highest BCUT2D eigenvalue weighted by Crippen LogP contribution is 2.48. The van der Waals surface area contributed by atoms with Gasteiger partial charge in [0.25, 0.3) is 0 Å². The van der Waals surface area contributed by atoms with E-state index < -0.39 is 12.1 Å². The number of carbonyl (C=O) groups excluding carboxylic acids is 2. The van der Waals surface area contributed by atoms with Crippen molar-refractivity contribution in [2.45, 2.75) is 25.9 Å². The van der Waals surface area contributed by atoms with E-state index in [9.17, 15) is 9.59 Å². The lowest BCUT2D eigenvalue weighted by Gasteiger charge is -2.40. The number of fused-ring (bicyclic) bond motifs is 1. The van der Waals surface area contributed by atoms with Crippen LogP contribution in [0.15, 0.2) is 72.9 Å². The van der Waals surface area contributed by atoms with Crippen molar-refractivity contribution in [3.05, 3.63) is 99.7 Å². The maximum atomic E-state index is 14.8. The van der Waals surface area contributed by atoms with Gasteiger partial charge < -0.3 is 29.3 Å². The summed E-state index contributed by atoms with van der Waals surface area (Å²) in [6.45, 7) is 5.75. The molecule has 1 atom stereocenters. The number of nitrogens with one attached hydrogen (secondary N) is 1. The molecule has 1 unspecified atom stereocenters. The number of rotatable bonds is 13. The van der Waals surface area contributed by atoms with E-state index >= 15 is 0 Å². The van der Waals surface area contributed by atoms with Crippen LogP contribution in [-0.4, -0.2) is 87.8 Å². The number of hydrogen-bond acceptors (Lipinski definition) is 10. The van der Waals surface area contributed by atoms with E-state index in [0.717, 1.165) is 35.6 Å². The first-order valence-electron chi connectivity index (χ1n) is 17.3. The first-order chi connectivity index (χ1) is 25.6. The van der Waals surface area contributed by atoms with Crippen LogP contribution in [0.3, 0.4) is 0 Å². The number of ether oxygens (including phenoxy) is 3. The van der Waals surface area contributed by atoms with Gasteiger partial charge in [-0.1, -0.05) is 53.5 Å². The van der Waals surface area contributed by atoms with Crippen LogP contribution in [0.1, 0.15) is 29.7 Å². The molecule has 12 nitrogen and oxygen atoms in total. The van der Waals surface area contributed by atoms with Gasteiger partial charge >= 0.3 is 6.03 Å². The van der Waals surface area contributed by atoms with Gasteiger partial charge in [-0.15, -0.1) is 0 Å². The Labute approximate surface area is 319 Å². The molecule has 3 heterocycles. The summed E-state index contributed by atoms with van der Waals surface area (Å²) in [5.41, 5.74) is 4.44. The SMILES string of the molecule is COc1cc(OC)c(Cl)c(N2Cc3cnc(Nc4ccc(N5CCOCC5)cc4)nc3N(C(C)c3cccc(CC(=O)/C=C/CN(C)C)c3)C2=O)c1Cl. The molecule has 14 heteroatoms. The first-order valence-corrected chi connectivity index (χ1v) is 18.0. The molecule has 3 aromatic carbocycles. The van der Waals surface area contributed by atoms with E-state index in [2.05, 4.69) is 15.2 Å². The molecule has 1 fully saturated rings. The molecule has 0 radical (unpaired) electrons. The Morgan fingerprint density at radius 1 is 1.04 bits per heavy atom. The molecule has 1 saturated heterocycles. The molecule has 6 rings (SSSR count). The van der Waals surface area contributed by atoms with Crippen molar-refractivity contribution in [2.75, 3.05) is 81.2 Å². The van der Waals surface area contributed by atoms with Gasteiger partial charge in [-0.05, 0) is 62.5 Å². The summed E-state index contributed by atoms with van der Waals surface area (Å²) in [7, 11) is 6.85. The van der Waals surface area contributed by atoms with E-state index in [4.69, 9.17) is 42.4 Å². The summed E-state index contributed by atoms with van der Waals surface area (Å²) in [4.78, 5) is 44.5. The Balaban J connectivity index is 1.36. The lowest BCUT2D eigenvalue weighted by molar-refractivity contribution is -0.114. The molecular formula is C39H43Cl2N7O5. The van der Waals surface area contributed by atoms with Gasteiger partial charge in [-0.3, -0.25) is 14.6 Å². The summed E-state index contributed by atoms with van der Waals surface area (Å²) in [6.07, 6.45) is 5.37. The fourth-order valence-corrected chi connectivity index (χ4v) is 7.05. The number of halogens is 2. The van der Waals surface area contributed by atoms with Gasteiger partial charge in [0.05, 0.1) is 45.7 Å². The lowest BCUT2D eigenvalue weighted by atomic mass is 10.00. The van der Waals surface area contributed by atoms with Gasteiger partial charge in [0.2, 0.25) is 5.95 Å². The minimum absolute atomic E-state index is 0.0140. The predicted molar refractivity (Wildman–Crippen MR) is 210 cm³/mol. The second-order valence-electron chi connectivity index (χ2n) is 13.0. The summed E-state index contributed by atoms with van der Waals surface area (Å²) >= 11 is 13.7. The van der Waals surface area contributed by atoms with Crippen LogP contribution >= 0.6 is 23.2 Å². The van der Waals surface area contributed by atoms with Crippen LogP contribution < -0.4 is 29.5 Å². The molecule has 0 saturated carbocycles. The average molecular weight is 761 g/mol. The summed E-state index contributed by atoms with van der Waals surface area (Å²) in [6, 6.07) is 16.3. The maximum absolute atomic E-state index is 14.8. The third-order valence-electron chi connectivity index (χ3n) is 9.13. The molecule has 1 N–H and O–H groups in total. The molecular weight excluding hydrogens is 717 g/mol. The number of hydrogen-bond donors (Lipinski definition) is 1. The smallest absolute Gasteiger partial charge is 0.331 e. The van der Waals surface area contributed by atoms with E-state index in [1.807, 2.05) is 80.5 Å². The van der Waals surface area contributed by atoms with Crippen molar-refractivity contribution >= 4 is 63.8 Å². The van der Waals surface area contributed by atoms with E-state index in [1.54, 1.807) is 23.2 Å². The van der Waals surface area contributed by atoms with Gasteiger partial charge in [-0.25, -0.2) is 9.78 Å². The highest BCUT2D eigenvalue weighted by molar-refractivity contribution is 6.42. The van der Waals surface area contributed by atoms with Crippen molar-refractivity contribution in [3.63, 3.8) is 0 Å². The minimum Gasteiger partial charge on any atom is -0.495 e. The molecule has 2 aliphatic heterocycles. The Morgan fingerprint density at radius 3 is 2.40 bits per heavy atom. The van der Waals surface area contributed by atoms with Crippen LogP contribution in [0.2, 0.25) is 10.0 Å². The Bertz CT molecular complexity index is 1960. The third-order valence-corrected chi connectivity index (χ3v) is 9.86. The molecule has 0 bridgehead atoms. The number of methoxy groups -OCH3 is 2. The predicted octanol–water partition coefficient (Wildman–Crippen LogP) is 7.32. The molecule has 53 heavy (non-hydrogen) atoms. The molecule has 4 aromatic rings. The lowest BCUT2D eigenvalue weighted by Crippen LogP contribution is -2.49. The standard InChI is InChI=1S/C39H43Cl2N7O5/c1-25(27-9-6-8-26(20-27)21-31(49)10-7-15-45(2)3)48-37-28(24-47(39(48)50)36-34(40)32(51-4)22-33(52-5)35(36)41)23-42-38(44-37)43-29-11-13-30(14-12-29)46-16-18-53-19-17-46/h6-14,20,22-23,25H,15-19,21,24H2,1-5H3,(H,42,43,44)/b10-7+. The van der Waals surface area contributed by atoms with E-state index in [-0.39, 0.29) is 34.5 Å².